The standard InChI is InChI=1S/C15H19BrN4/c1-2-3-4-13-14(16)15-18-9-12(10-20(15)19-13)11-5-7-17-8-6-11/h5-8,12,18H,2-4,9-10H2,1H3. The van der Waals surface area contributed by atoms with Gasteiger partial charge in [0, 0.05) is 24.9 Å². The van der Waals surface area contributed by atoms with E-state index in [9.17, 15) is 0 Å². The summed E-state index contributed by atoms with van der Waals surface area (Å²) in [5.41, 5.74) is 2.49. The highest BCUT2D eigenvalue weighted by atomic mass is 79.9. The molecule has 0 amide bonds. The van der Waals surface area contributed by atoms with Gasteiger partial charge in [-0.05, 0) is 46.5 Å². The van der Waals surface area contributed by atoms with Crippen LogP contribution in [0.25, 0.3) is 0 Å². The first-order valence-corrected chi connectivity index (χ1v) is 7.98. The first-order chi connectivity index (χ1) is 9.79. The number of unbranched alkanes of at least 4 members (excludes halogenated alkanes) is 1. The summed E-state index contributed by atoms with van der Waals surface area (Å²) in [7, 11) is 0. The second-order valence-corrected chi connectivity index (χ2v) is 6.05. The van der Waals surface area contributed by atoms with Crippen molar-refractivity contribution < 1.29 is 0 Å². The van der Waals surface area contributed by atoms with Crippen LogP contribution in [-0.2, 0) is 13.0 Å². The lowest BCUT2D eigenvalue weighted by molar-refractivity contribution is 0.500. The zero-order valence-electron chi connectivity index (χ0n) is 11.6. The van der Waals surface area contributed by atoms with Gasteiger partial charge in [-0.25, -0.2) is 4.68 Å². The van der Waals surface area contributed by atoms with Crippen molar-refractivity contribution in [1.29, 1.82) is 0 Å². The largest absolute Gasteiger partial charge is 0.369 e. The molecule has 0 aromatic carbocycles. The molecule has 2 aromatic heterocycles. The van der Waals surface area contributed by atoms with Gasteiger partial charge in [0.2, 0.25) is 0 Å². The minimum absolute atomic E-state index is 0.455. The normalized spacial score (nSPS) is 17.6. The first-order valence-electron chi connectivity index (χ1n) is 7.18. The van der Waals surface area contributed by atoms with Gasteiger partial charge in [0.15, 0.2) is 0 Å². The van der Waals surface area contributed by atoms with Gasteiger partial charge >= 0.3 is 0 Å². The molecule has 1 aliphatic rings. The molecule has 1 atom stereocenters. The molecule has 3 heterocycles. The molecule has 3 rings (SSSR count). The van der Waals surface area contributed by atoms with Crippen LogP contribution in [0.1, 0.15) is 36.9 Å². The van der Waals surface area contributed by atoms with E-state index < -0.39 is 0 Å². The van der Waals surface area contributed by atoms with Gasteiger partial charge in [0.1, 0.15) is 5.82 Å². The molecular formula is C15H19BrN4. The van der Waals surface area contributed by atoms with Crippen molar-refractivity contribution in [3.05, 3.63) is 40.3 Å². The molecule has 0 aliphatic carbocycles. The van der Waals surface area contributed by atoms with E-state index in [1.165, 1.54) is 24.1 Å². The average Bonchev–Trinajstić information content (AvgIpc) is 2.82. The Morgan fingerprint density at radius 3 is 2.95 bits per heavy atom. The number of anilines is 1. The number of nitrogens with one attached hydrogen (secondary N) is 1. The van der Waals surface area contributed by atoms with E-state index in [-0.39, 0.29) is 0 Å². The average molecular weight is 335 g/mol. The third-order valence-corrected chi connectivity index (χ3v) is 4.65. The van der Waals surface area contributed by atoms with Crippen LogP contribution in [-0.4, -0.2) is 21.3 Å². The van der Waals surface area contributed by atoms with Gasteiger partial charge < -0.3 is 5.32 Å². The third kappa shape index (κ3) is 2.59. The summed E-state index contributed by atoms with van der Waals surface area (Å²) in [6.45, 7) is 4.08. The summed E-state index contributed by atoms with van der Waals surface area (Å²) in [6.07, 6.45) is 7.14. The van der Waals surface area contributed by atoms with E-state index in [0.29, 0.717) is 5.92 Å². The number of rotatable bonds is 4. The van der Waals surface area contributed by atoms with Crippen LogP contribution in [0.3, 0.4) is 0 Å². The zero-order chi connectivity index (χ0) is 13.9. The number of hydrogen-bond acceptors (Lipinski definition) is 3. The number of nitrogens with zero attached hydrogens (tertiary/aromatic N) is 3. The highest BCUT2D eigenvalue weighted by Gasteiger charge is 2.24. The highest BCUT2D eigenvalue weighted by molar-refractivity contribution is 9.10. The maximum Gasteiger partial charge on any atom is 0.139 e. The van der Waals surface area contributed by atoms with Crippen molar-refractivity contribution in [2.45, 2.75) is 38.6 Å². The Labute approximate surface area is 127 Å². The minimum atomic E-state index is 0.455. The monoisotopic (exact) mass is 334 g/mol. The summed E-state index contributed by atoms with van der Waals surface area (Å²) in [6, 6.07) is 4.18. The van der Waals surface area contributed by atoms with Crippen LogP contribution in [0.2, 0.25) is 0 Å². The fourth-order valence-corrected chi connectivity index (χ4v) is 3.27. The lowest BCUT2D eigenvalue weighted by atomic mass is 9.99. The molecule has 0 bridgehead atoms. The topological polar surface area (TPSA) is 42.7 Å². The van der Waals surface area contributed by atoms with Crippen molar-refractivity contribution >= 4 is 21.7 Å². The molecule has 0 spiro atoms. The predicted molar refractivity (Wildman–Crippen MR) is 84.0 cm³/mol. The van der Waals surface area contributed by atoms with Crippen molar-refractivity contribution in [1.82, 2.24) is 14.8 Å². The van der Waals surface area contributed by atoms with E-state index in [4.69, 9.17) is 5.10 Å². The molecule has 2 aromatic rings. The Morgan fingerprint density at radius 1 is 1.40 bits per heavy atom. The number of aromatic nitrogens is 3. The molecule has 4 nitrogen and oxygen atoms in total. The second kappa shape index (κ2) is 5.95. The molecule has 0 fully saturated rings. The Balaban J connectivity index is 1.81. The quantitative estimate of drug-likeness (QED) is 0.928. The maximum atomic E-state index is 4.76. The fourth-order valence-electron chi connectivity index (χ4n) is 2.65. The SMILES string of the molecule is CCCCc1nn2c(c1Br)NCC(c1ccncc1)C2. The Kier molecular flexibility index (Phi) is 4.05. The van der Waals surface area contributed by atoms with E-state index >= 15 is 0 Å². The number of halogens is 1. The zero-order valence-corrected chi connectivity index (χ0v) is 13.2. The lowest BCUT2D eigenvalue weighted by Crippen LogP contribution is -2.26. The van der Waals surface area contributed by atoms with Gasteiger partial charge in [0.25, 0.3) is 0 Å². The molecule has 1 aliphatic heterocycles. The first kappa shape index (κ1) is 13.6. The number of hydrogen-bond donors (Lipinski definition) is 1. The minimum Gasteiger partial charge on any atom is -0.369 e. The molecule has 0 saturated heterocycles. The lowest BCUT2D eigenvalue weighted by Gasteiger charge is -2.25. The van der Waals surface area contributed by atoms with Crippen LogP contribution in [0.4, 0.5) is 5.82 Å². The molecule has 20 heavy (non-hydrogen) atoms. The Bertz CT molecular complexity index is 579. The van der Waals surface area contributed by atoms with Gasteiger partial charge in [-0.1, -0.05) is 13.3 Å². The second-order valence-electron chi connectivity index (χ2n) is 5.25. The molecule has 106 valence electrons. The van der Waals surface area contributed by atoms with Gasteiger partial charge in [-0.15, -0.1) is 0 Å². The molecule has 0 radical (unpaired) electrons. The van der Waals surface area contributed by atoms with Crippen molar-refractivity contribution in [2.75, 3.05) is 11.9 Å². The fraction of sp³-hybridized carbons (Fsp3) is 0.467. The van der Waals surface area contributed by atoms with Crippen LogP contribution in [0.5, 0.6) is 0 Å². The summed E-state index contributed by atoms with van der Waals surface area (Å²) in [5.74, 6) is 1.58. The van der Waals surface area contributed by atoms with E-state index in [1.807, 2.05) is 12.4 Å². The van der Waals surface area contributed by atoms with Crippen molar-refractivity contribution in [3.8, 4) is 0 Å². The van der Waals surface area contributed by atoms with Crippen LogP contribution in [0.15, 0.2) is 29.0 Å². The van der Waals surface area contributed by atoms with Crippen LogP contribution >= 0.6 is 15.9 Å². The van der Waals surface area contributed by atoms with Crippen LogP contribution in [0, 0.1) is 0 Å². The maximum absolute atomic E-state index is 4.76. The van der Waals surface area contributed by atoms with Crippen molar-refractivity contribution in [2.24, 2.45) is 0 Å². The molecule has 5 heteroatoms. The van der Waals surface area contributed by atoms with E-state index in [0.717, 1.165) is 29.8 Å². The molecule has 1 unspecified atom stereocenters. The third-order valence-electron chi connectivity index (χ3n) is 3.81. The van der Waals surface area contributed by atoms with Gasteiger partial charge in [0.05, 0.1) is 16.7 Å². The highest BCUT2D eigenvalue weighted by Crippen LogP contribution is 2.33. The summed E-state index contributed by atoms with van der Waals surface area (Å²) in [4.78, 5) is 4.09. The molecular weight excluding hydrogens is 316 g/mol. The van der Waals surface area contributed by atoms with Crippen LogP contribution < -0.4 is 5.32 Å². The summed E-state index contributed by atoms with van der Waals surface area (Å²) >= 11 is 3.69. The number of pyridine rings is 1. The van der Waals surface area contributed by atoms with E-state index in [1.54, 1.807) is 0 Å². The number of fused-ring (bicyclic) bond motifs is 1. The molecule has 0 saturated carbocycles. The van der Waals surface area contributed by atoms with Crippen molar-refractivity contribution in [3.63, 3.8) is 0 Å². The Hall–Kier alpha value is -1.36. The number of aryl methyl sites for hydroxylation is 1. The van der Waals surface area contributed by atoms with Gasteiger partial charge in [-0.2, -0.15) is 5.10 Å². The molecule has 1 N–H and O–H groups in total. The Morgan fingerprint density at radius 2 is 2.20 bits per heavy atom. The summed E-state index contributed by atoms with van der Waals surface area (Å²) < 4.78 is 3.24. The smallest absolute Gasteiger partial charge is 0.139 e. The van der Waals surface area contributed by atoms with Gasteiger partial charge in [-0.3, -0.25) is 4.98 Å². The predicted octanol–water partition coefficient (Wildman–Crippen LogP) is 3.59. The summed E-state index contributed by atoms with van der Waals surface area (Å²) in [5, 5.41) is 8.26. The van der Waals surface area contributed by atoms with E-state index in [2.05, 4.69) is 50.0 Å².